The third-order valence-corrected chi connectivity index (χ3v) is 4.67. The van der Waals surface area contributed by atoms with Crippen LogP contribution >= 0.6 is 11.3 Å². The summed E-state index contributed by atoms with van der Waals surface area (Å²) >= 11 is 1.39. The Balaban J connectivity index is 1.61. The smallest absolute Gasteiger partial charge is 0.265 e. The van der Waals surface area contributed by atoms with Gasteiger partial charge >= 0.3 is 0 Å². The van der Waals surface area contributed by atoms with Crippen molar-refractivity contribution in [3.05, 3.63) is 88.1 Å². The molecule has 3 aromatic rings. The van der Waals surface area contributed by atoms with Crippen molar-refractivity contribution >= 4 is 28.8 Å². The number of amides is 2. The Bertz CT molecular complexity index is 843. The normalized spacial score (nSPS) is 11.6. The second-order valence-corrected chi connectivity index (χ2v) is 6.56. The number of rotatable bonds is 5. The predicted molar refractivity (Wildman–Crippen MR) is 101 cm³/mol. The van der Waals surface area contributed by atoms with Crippen molar-refractivity contribution in [3.63, 3.8) is 0 Å². The van der Waals surface area contributed by atoms with Crippen LogP contribution in [-0.4, -0.2) is 11.8 Å². The summed E-state index contributed by atoms with van der Waals surface area (Å²) in [4.78, 5) is 25.0. The molecule has 0 unspecified atom stereocenters. The number of anilines is 1. The van der Waals surface area contributed by atoms with Gasteiger partial charge in [0.2, 0.25) is 0 Å². The molecule has 1 atom stereocenters. The van der Waals surface area contributed by atoms with Gasteiger partial charge in [-0.3, -0.25) is 9.59 Å². The molecular weight excluding hydrogens is 332 g/mol. The Morgan fingerprint density at radius 1 is 0.880 bits per heavy atom. The van der Waals surface area contributed by atoms with E-state index < -0.39 is 0 Å². The monoisotopic (exact) mass is 350 g/mol. The molecule has 2 N–H and O–H groups in total. The van der Waals surface area contributed by atoms with Crippen molar-refractivity contribution in [1.82, 2.24) is 5.32 Å². The quantitative estimate of drug-likeness (QED) is 0.712. The first kappa shape index (κ1) is 16.9. The summed E-state index contributed by atoms with van der Waals surface area (Å²) in [5, 5.41) is 7.64. The maximum Gasteiger partial charge on any atom is 0.265 e. The maximum absolute atomic E-state index is 12.4. The summed E-state index contributed by atoms with van der Waals surface area (Å²) in [5.41, 5.74) is 2.26. The third kappa shape index (κ3) is 4.33. The minimum absolute atomic E-state index is 0.0769. The number of benzene rings is 2. The molecule has 0 aliphatic rings. The highest BCUT2D eigenvalue weighted by Crippen LogP contribution is 2.16. The highest BCUT2D eigenvalue weighted by Gasteiger charge is 2.12. The Morgan fingerprint density at radius 2 is 1.60 bits per heavy atom. The molecule has 0 saturated heterocycles. The van der Waals surface area contributed by atoms with Gasteiger partial charge in [0.25, 0.3) is 11.8 Å². The standard InChI is InChI=1S/C20H18N2O2S/c1-14(15-6-3-2-4-7-15)21-19(23)16-9-11-17(12-10-16)22-20(24)18-8-5-13-25-18/h2-14H,1H3,(H,21,23)(H,22,24)/t14-/m0/s1. The molecule has 1 aromatic heterocycles. The van der Waals surface area contributed by atoms with Crippen molar-refractivity contribution in [2.45, 2.75) is 13.0 Å². The first-order valence-corrected chi connectivity index (χ1v) is 8.82. The average molecular weight is 350 g/mol. The van der Waals surface area contributed by atoms with Gasteiger partial charge in [-0.05, 0) is 48.2 Å². The molecule has 0 fully saturated rings. The molecule has 126 valence electrons. The zero-order valence-corrected chi connectivity index (χ0v) is 14.5. The summed E-state index contributed by atoms with van der Waals surface area (Å²) in [5.74, 6) is -0.294. The summed E-state index contributed by atoms with van der Waals surface area (Å²) in [7, 11) is 0. The third-order valence-electron chi connectivity index (χ3n) is 3.80. The first-order valence-electron chi connectivity index (χ1n) is 7.94. The van der Waals surface area contributed by atoms with Crippen LogP contribution in [0.3, 0.4) is 0 Å². The molecule has 2 amide bonds. The number of hydrogen-bond donors (Lipinski definition) is 2. The van der Waals surface area contributed by atoms with Gasteiger partial charge in [0.05, 0.1) is 10.9 Å². The number of hydrogen-bond acceptors (Lipinski definition) is 3. The fraction of sp³-hybridized carbons (Fsp3) is 0.100. The second-order valence-electron chi connectivity index (χ2n) is 5.61. The predicted octanol–water partition coefficient (Wildman–Crippen LogP) is 4.49. The molecule has 0 aliphatic heterocycles. The lowest BCUT2D eigenvalue weighted by molar-refractivity contribution is 0.0939. The van der Waals surface area contributed by atoms with Crippen LogP contribution in [0.15, 0.2) is 72.1 Å². The van der Waals surface area contributed by atoms with Gasteiger partial charge in [-0.1, -0.05) is 36.4 Å². The van der Waals surface area contributed by atoms with Gasteiger partial charge in [0.1, 0.15) is 0 Å². The minimum Gasteiger partial charge on any atom is -0.346 e. The van der Waals surface area contributed by atoms with E-state index in [1.54, 1.807) is 30.3 Å². The minimum atomic E-state index is -0.148. The van der Waals surface area contributed by atoms with Crippen LogP contribution in [0.25, 0.3) is 0 Å². The van der Waals surface area contributed by atoms with E-state index >= 15 is 0 Å². The molecule has 0 radical (unpaired) electrons. The molecule has 3 rings (SSSR count). The molecular formula is C20H18N2O2S. The zero-order chi connectivity index (χ0) is 17.6. The average Bonchev–Trinajstić information content (AvgIpc) is 3.18. The largest absolute Gasteiger partial charge is 0.346 e. The Labute approximate surface area is 150 Å². The topological polar surface area (TPSA) is 58.2 Å². The molecule has 5 heteroatoms. The van der Waals surface area contributed by atoms with Crippen LogP contribution in [0.4, 0.5) is 5.69 Å². The molecule has 0 saturated carbocycles. The fourth-order valence-electron chi connectivity index (χ4n) is 2.41. The van der Waals surface area contributed by atoms with E-state index in [4.69, 9.17) is 0 Å². The van der Waals surface area contributed by atoms with E-state index in [0.717, 1.165) is 5.56 Å². The van der Waals surface area contributed by atoms with E-state index in [0.29, 0.717) is 16.1 Å². The molecule has 1 heterocycles. The van der Waals surface area contributed by atoms with Crippen LogP contribution in [0.5, 0.6) is 0 Å². The molecule has 0 spiro atoms. The molecule has 25 heavy (non-hydrogen) atoms. The summed E-state index contributed by atoms with van der Waals surface area (Å²) < 4.78 is 0. The lowest BCUT2D eigenvalue weighted by Crippen LogP contribution is -2.26. The van der Waals surface area contributed by atoms with E-state index in [-0.39, 0.29) is 17.9 Å². The van der Waals surface area contributed by atoms with Crippen LogP contribution in [0.2, 0.25) is 0 Å². The highest BCUT2D eigenvalue weighted by molar-refractivity contribution is 7.12. The highest BCUT2D eigenvalue weighted by atomic mass is 32.1. The number of thiophene rings is 1. The SMILES string of the molecule is C[C@H](NC(=O)c1ccc(NC(=O)c2cccs2)cc1)c1ccccc1. The van der Waals surface area contributed by atoms with Crippen LogP contribution in [0, 0.1) is 0 Å². The maximum atomic E-state index is 12.4. The molecule has 4 nitrogen and oxygen atoms in total. The van der Waals surface area contributed by atoms with Crippen molar-refractivity contribution in [3.8, 4) is 0 Å². The van der Waals surface area contributed by atoms with Gasteiger partial charge in [-0.25, -0.2) is 0 Å². The number of nitrogens with one attached hydrogen (secondary N) is 2. The summed E-state index contributed by atoms with van der Waals surface area (Å²) in [6.07, 6.45) is 0. The summed E-state index contributed by atoms with van der Waals surface area (Å²) in [6, 6.07) is 20.2. The second kappa shape index (κ2) is 7.77. The lowest BCUT2D eigenvalue weighted by Gasteiger charge is -2.14. The first-order chi connectivity index (χ1) is 12.1. The fourth-order valence-corrected chi connectivity index (χ4v) is 3.03. The van der Waals surface area contributed by atoms with Gasteiger partial charge in [-0.2, -0.15) is 0 Å². The van der Waals surface area contributed by atoms with Crippen molar-refractivity contribution in [2.24, 2.45) is 0 Å². The number of carbonyl (C=O) groups excluding carboxylic acids is 2. The van der Waals surface area contributed by atoms with Crippen LogP contribution in [0.1, 0.15) is 38.6 Å². The van der Waals surface area contributed by atoms with Crippen molar-refractivity contribution in [1.29, 1.82) is 0 Å². The molecule has 0 bridgehead atoms. The van der Waals surface area contributed by atoms with Crippen molar-refractivity contribution < 1.29 is 9.59 Å². The van der Waals surface area contributed by atoms with Gasteiger partial charge in [-0.15, -0.1) is 11.3 Å². The van der Waals surface area contributed by atoms with E-state index in [2.05, 4.69) is 10.6 Å². The van der Waals surface area contributed by atoms with Crippen LogP contribution < -0.4 is 10.6 Å². The van der Waals surface area contributed by atoms with E-state index in [1.165, 1.54) is 11.3 Å². The zero-order valence-electron chi connectivity index (χ0n) is 13.7. The van der Waals surface area contributed by atoms with E-state index in [1.807, 2.05) is 48.7 Å². The molecule has 0 aliphatic carbocycles. The van der Waals surface area contributed by atoms with Crippen molar-refractivity contribution in [2.75, 3.05) is 5.32 Å². The van der Waals surface area contributed by atoms with E-state index in [9.17, 15) is 9.59 Å². The van der Waals surface area contributed by atoms with Crippen LogP contribution in [-0.2, 0) is 0 Å². The molecule has 2 aromatic carbocycles. The lowest BCUT2D eigenvalue weighted by atomic mass is 10.1. The van der Waals surface area contributed by atoms with Gasteiger partial charge < -0.3 is 10.6 Å². The Hall–Kier alpha value is -2.92. The summed E-state index contributed by atoms with van der Waals surface area (Å²) in [6.45, 7) is 1.95. The van der Waals surface area contributed by atoms with Gasteiger partial charge in [0, 0.05) is 11.3 Å². The Morgan fingerprint density at radius 3 is 2.24 bits per heavy atom. The Kier molecular flexibility index (Phi) is 5.26. The number of carbonyl (C=O) groups is 2. The van der Waals surface area contributed by atoms with Gasteiger partial charge in [0.15, 0.2) is 0 Å².